The summed E-state index contributed by atoms with van der Waals surface area (Å²) in [5, 5.41) is 8.98. The van der Waals surface area contributed by atoms with Crippen LogP contribution in [0.2, 0.25) is 0 Å². The van der Waals surface area contributed by atoms with Gasteiger partial charge in [0, 0.05) is 13.1 Å². The number of carbonyl (C=O) groups is 2. The number of rotatable bonds is 4. The maximum absolute atomic E-state index is 12.4. The van der Waals surface area contributed by atoms with Crippen LogP contribution in [0.3, 0.4) is 0 Å². The monoisotopic (exact) mass is 313 g/mol. The van der Waals surface area contributed by atoms with Crippen LogP contribution in [-0.2, 0) is 9.59 Å². The molecule has 116 valence electrons. The first kappa shape index (κ1) is 17.3. The molecule has 0 radical (unpaired) electrons. The topological polar surface area (TPSA) is 66.8 Å². The van der Waals surface area contributed by atoms with Gasteiger partial charge in [0.15, 0.2) is 0 Å². The second-order valence-electron chi connectivity index (χ2n) is 5.11. The number of nitrogens with zero attached hydrogens (tertiary/aromatic N) is 1. The Morgan fingerprint density at radius 3 is 2.71 bits per heavy atom. The first-order chi connectivity index (χ1) is 9.52. The third kappa shape index (κ3) is 3.88. The molecule has 2 unspecified atom stereocenters. The maximum Gasteiger partial charge on any atom is 0.308 e. The number of carboxylic acids is 1. The van der Waals surface area contributed by atoms with Gasteiger partial charge in [-0.25, -0.2) is 0 Å². The van der Waals surface area contributed by atoms with E-state index in [0.717, 1.165) is 5.56 Å². The average molecular weight is 314 g/mol. The third-order valence-corrected chi connectivity index (χ3v) is 3.81. The van der Waals surface area contributed by atoms with Gasteiger partial charge >= 0.3 is 5.97 Å². The maximum atomic E-state index is 12.4. The van der Waals surface area contributed by atoms with Gasteiger partial charge in [0.05, 0.1) is 18.9 Å². The number of methoxy groups -OCH3 is 1. The Labute approximate surface area is 130 Å². The first-order valence-electron chi connectivity index (χ1n) is 6.68. The predicted molar refractivity (Wildman–Crippen MR) is 81.0 cm³/mol. The van der Waals surface area contributed by atoms with E-state index >= 15 is 0 Å². The van der Waals surface area contributed by atoms with Crippen molar-refractivity contribution in [1.82, 2.24) is 4.90 Å². The lowest BCUT2D eigenvalue weighted by atomic mass is 9.99. The summed E-state index contributed by atoms with van der Waals surface area (Å²) in [6.45, 7) is 2.66. The molecular weight excluding hydrogens is 294 g/mol. The van der Waals surface area contributed by atoms with Crippen LogP contribution in [-0.4, -0.2) is 42.1 Å². The minimum absolute atomic E-state index is 0. The molecule has 1 aromatic carbocycles. The summed E-state index contributed by atoms with van der Waals surface area (Å²) in [7, 11) is 1.59. The molecule has 21 heavy (non-hydrogen) atoms. The van der Waals surface area contributed by atoms with Crippen molar-refractivity contribution in [2.24, 2.45) is 5.92 Å². The Morgan fingerprint density at radius 1 is 1.43 bits per heavy atom. The van der Waals surface area contributed by atoms with E-state index in [1.54, 1.807) is 12.0 Å². The van der Waals surface area contributed by atoms with Gasteiger partial charge in [-0.3, -0.25) is 9.59 Å². The van der Waals surface area contributed by atoms with Crippen molar-refractivity contribution in [2.75, 3.05) is 20.2 Å². The highest BCUT2D eigenvalue weighted by Crippen LogP contribution is 2.25. The van der Waals surface area contributed by atoms with Crippen molar-refractivity contribution in [3.8, 4) is 5.75 Å². The molecule has 2 atom stereocenters. The SMILES string of the molecule is COc1cccc(C(C)C(=O)N2CCC(C(=O)O)C2)c1.Cl. The van der Waals surface area contributed by atoms with Gasteiger partial charge < -0.3 is 14.7 Å². The highest BCUT2D eigenvalue weighted by atomic mass is 35.5. The lowest BCUT2D eigenvalue weighted by molar-refractivity contribution is -0.141. The number of carboxylic acid groups (broad SMARTS) is 1. The van der Waals surface area contributed by atoms with Gasteiger partial charge in [-0.05, 0) is 31.0 Å². The summed E-state index contributed by atoms with van der Waals surface area (Å²) in [6, 6.07) is 7.40. The largest absolute Gasteiger partial charge is 0.497 e. The zero-order valence-electron chi connectivity index (χ0n) is 12.1. The van der Waals surface area contributed by atoms with Crippen molar-refractivity contribution >= 4 is 24.3 Å². The van der Waals surface area contributed by atoms with Crippen molar-refractivity contribution in [1.29, 1.82) is 0 Å². The van der Waals surface area contributed by atoms with Crippen molar-refractivity contribution < 1.29 is 19.4 Å². The summed E-state index contributed by atoms with van der Waals surface area (Å²) in [6.07, 6.45) is 0.534. The van der Waals surface area contributed by atoms with E-state index in [9.17, 15) is 9.59 Å². The second kappa shape index (κ2) is 7.31. The lowest BCUT2D eigenvalue weighted by Crippen LogP contribution is -2.33. The van der Waals surface area contributed by atoms with Gasteiger partial charge in [0.2, 0.25) is 5.91 Å². The normalized spacial score (nSPS) is 18.8. The summed E-state index contributed by atoms with van der Waals surface area (Å²) >= 11 is 0. The molecule has 2 rings (SSSR count). The van der Waals surface area contributed by atoms with E-state index in [0.29, 0.717) is 25.3 Å². The summed E-state index contributed by atoms with van der Waals surface area (Å²) < 4.78 is 5.16. The molecule has 1 heterocycles. The first-order valence-corrected chi connectivity index (χ1v) is 6.68. The van der Waals surface area contributed by atoms with Crippen LogP contribution < -0.4 is 4.74 Å². The fourth-order valence-electron chi connectivity index (χ4n) is 2.49. The summed E-state index contributed by atoms with van der Waals surface area (Å²) in [4.78, 5) is 25.0. The van der Waals surface area contributed by atoms with E-state index in [-0.39, 0.29) is 24.2 Å². The molecule has 0 aliphatic carbocycles. The van der Waals surface area contributed by atoms with Crippen LogP contribution in [0.1, 0.15) is 24.8 Å². The molecule has 1 fully saturated rings. The number of hydrogen-bond acceptors (Lipinski definition) is 3. The highest BCUT2D eigenvalue weighted by Gasteiger charge is 2.33. The Kier molecular flexibility index (Phi) is 6.03. The molecule has 1 aliphatic heterocycles. The van der Waals surface area contributed by atoms with E-state index in [2.05, 4.69) is 0 Å². The van der Waals surface area contributed by atoms with Crippen molar-refractivity contribution in [2.45, 2.75) is 19.3 Å². The number of aliphatic carboxylic acids is 1. The van der Waals surface area contributed by atoms with E-state index in [4.69, 9.17) is 9.84 Å². The molecule has 1 aromatic rings. The quantitative estimate of drug-likeness (QED) is 0.925. The number of carbonyl (C=O) groups excluding carboxylic acids is 1. The number of likely N-dealkylation sites (tertiary alicyclic amines) is 1. The van der Waals surface area contributed by atoms with E-state index < -0.39 is 11.9 Å². The number of hydrogen-bond donors (Lipinski definition) is 1. The molecular formula is C15H20ClNO4. The Morgan fingerprint density at radius 2 is 2.14 bits per heavy atom. The van der Waals surface area contributed by atoms with Gasteiger partial charge in [-0.2, -0.15) is 0 Å². The number of halogens is 1. The van der Waals surface area contributed by atoms with Crippen molar-refractivity contribution in [3.05, 3.63) is 29.8 Å². The Balaban J connectivity index is 0.00000220. The molecule has 1 aliphatic rings. The number of amides is 1. The third-order valence-electron chi connectivity index (χ3n) is 3.81. The van der Waals surface area contributed by atoms with E-state index in [1.807, 2.05) is 31.2 Å². The molecule has 0 spiro atoms. The van der Waals surface area contributed by atoms with Crippen molar-refractivity contribution in [3.63, 3.8) is 0 Å². The summed E-state index contributed by atoms with van der Waals surface area (Å²) in [5.74, 6) is -0.863. The zero-order chi connectivity index (χ0) is 14.7. The number of ether oxygens (including phenoxy) is 1. The molecule has 0 saturated carbocycles. The van der Waals surface area contributed by atoms with Gasteiger partial charge in [0.1, 0.15) is 5.75 Å². The van der Waals surface area contributed by atoms with Crippen LogP contribution in [0, 0.1) is 5.92 Å². The standard InChI is InChI=1S/C15H19NO4.ClH/c1-10(11-4-3-5-13(8-11)20-2)14(17)16-7-6-12(9-16)15(18)19;/h3-5,8,10,12H,6-7,9H2,1-2H3,(H,18,19);1H. The smallest absolute Gasteiger partial charge is 0.308 e. The highest BCUT2D eigenvalue weighted by molar-refractivity contribution is 5.85. The molecule has 1 amide bonds. The molecule has 0 aromatic heterocycles. The molecule has 0 bridgehead atoms. The van der Waals surface area contributed by atoms with Crippen LogP contribution in [0.15, 0.2) is 24.3 Å². The summed E-state index contributed by atoms with van der Waals surface area (Å²) in [5.41, 5.74) is 0.883. The molecule has 6 heteroatoms. The Bertz CT molecular complexity index is 520. The fraction of sp³-hybridized carbons (Fsp3) is 0.467. The molecule has 1 N–H and O–H groups in total. The Hall–Kier alpha value is -1.75. The predicted octanol–water partition coefficient (Wildman–Crippen LogP) is 2.15. The van der Waals surface area contributed by atoms with Gasteiger partial charge in [-0.1, -0.05) is 12.1 Å². The zero-order valence-corrected chi connectivity index (χ0v) is 12.9. The van der Waals surface area contributed by atoms with Crippen LogP contribution in [0.25, 0.3) is 0 Å². The van der Waals surface area contributed by atoms with Gasteiger partial charge in [-0.15, -0.1) is 12.4 Å². The minimum atomic E-state index is -0.825. The average Bonchev–Trinajstić information content (AvgIpc) is 2.95. The lowest BCUT2D eigenvalue weighted by Gasteiger charge is -2.21. The molecule has 1 saturated heterocycles. The number of benzene rings is 1. The van der Waals surface area contributed by atoms with Crippen LogP contribution in [0.4, 0.5) is 0 Å². The van der Waals surface area contributed by atoms with Crippen LogP contribution >= 0.6 is 12.4 Å². The fourth-order valence-corrected chi connectivity index (χ4v) is 2.49. The molecule has 5 nitrogen and oxygen atoms in total. The second-order valence-corrected chi connectivity index (χ2v) is 5.11. The minimum Gasteiger partial charge on any atom is -0.497 e. The van der Waals surface area contributed by atoms with Gasteiger partial charge in [0.25, 0.3) is 0 Å². The van der Waals surface area contributed by atoms with Crippen LogP contribution in [0.5, 0.6) is 5.75 Å². The van der Waals surface area contributed by atoms with E-state index in [1.165, 1.54) is 0 Å².